The van der Waals surface area contributed by atoms with Gasteiger partial charge in [0.05, 0.1) is 0 Å². The van der Waals surface area contributed by atoms with Crippen LogP contribution < -0.4 is 0 Å². The highest BCUT2D eigenvalue weighted by molar-refractivity contribution is 5.98. The number of nitrogens with zero attached hydrogens (tertiary/aromatic N) is 3. The van der Waals surface area contributed by atoms with Crippen LogP contribution in [0.15, 0.2) is 152 Å². The van der Waals surface area contributed by atoms with Crippen LogP contribution >= 0.6 is 0 Å². The van der Waals surface area contributed by atoms with E-state index < -0.39 is 0 Å². The molecule has 9 rings (SSSR count). The maximum absolute atomic E-state index is 5.18. The van der Waals surface area contributed by atoms with Crippen molar-refractivity contribution in [2.24, 2.45) is 5.92 Å². The molecule has 1 heterocycles. The predicted molar refractivity (Wildman–Crippen MR) is 194 cm³/mol. The molecule has 1 aromatic heterocycles. The van der Waals surface area contributed by atoms with Crippen LogP contribution in [0.5, 0.6) is 0 Å². The minimum Gasteiger partial charge on any atom is -0.208 e. The zero-order valence-corrected chi connectivity index (χ0v) is 26.4. The molecule has 3 nitrogen and oxygen atoms in total. The Morgan fingerprint density at radius 1 is 0.489 bits per heavy atom. The molecule has 2 atom stereocenters. The molecule has 47 heavy (non-hydrogen) atoms. The summed E-state index contributed by atoms with van der Waals surface area (Å²) in [6.45, 7) is 4.73. The van der Waals surface area contributed by atoms with Gasteiger partial charge in [-0.3, -0.25) is 0 Å². The normalized spacial score (nSPS) is 17.6. The molecule has 0 amide bonds. The lowest BCUT2D eigenvalue weighted by atomic mass is 9.74. The van der Waals surface area contributed by atoms with Crippen LogP contribution in [-0.4, -0.2) is 15.0 Å². The minimum atomic E-state index is 0.0574. The summed E-state index contributed by atoms with van der Waals surface area (Å²) in [7, 11) is 0. The average molecular weight is 604 g/mol. The van der Waals surface area contributed by atoms with Gasteiger partial charge < -0.3 is 0 Å². The van der Waals surface area contributed by atoms with Gasteiger partial charge in [0.1, 0.15) is 0 Å². The van der Waals surface area contributed by atoms with Gasteiger partial charge in [-0.2, -0.15) is 0 Å². The predicted octanol–water partition coefficient (Wildman–Crippen LogP) is 11.0. The first-order valence-electron chi connectivity index (χ1n) is 16.4. The monoisotopic (exact) mass is 603 g/mol. The van der Waals surface area contributed by atoms with Crippen molar-refractivity contribution in [3.05, 3.63) is 163 Å². The summed E-state index contributed by atoms with van der Waals surface area (Å²) in [4.78, 5) is 15.5. The minimum absolute atomic E-state index is 0.0574. The third kappa shape index (κ3) is 4.61. The standard InChI is InChI=1S/C44H33N3/c1-44(2)39-18-9-8-16-36(39)38-27-34(23-24-40(38)44)43-46-41(32-21-19-28-11-6-7-14-31(28)25-32)45-42(47-43)33-22-20-30-15-10-17-35(37(30)26-33)29-12-4-3-5-13-29/h3-27,36,39H,1-2H3. The molecule has 6 aromatic carbocycles. The number of benzene rings is 6. The van der Waals surface area contributed by atoms with Crippen molar-refractivity contribution in [3.8, 4) is 45.3 Å². The van der Waals surface area contributed by atoms with Crippen molar-refractivity contribution in [1.82, 2.24) is 15.0 Å². The van der Waals surface area contributed by atoms with E-state index in [0.29, 0.717) is 29.3 Å². The van der Waals surface area contributed by atoms with Gasteiger partial charge in [0.15, 0.2) is 17.5 Å². The summed E-state index contributed by atoms with van der Waals surface area (Å²) in [5.41, 5.74) is 8.16. The van der Waals surface area contributed by atoms with E-state index >= 15 is 0 Å². The number of aromatic nitrogens is 3. The van der Waals surface area contributed by atoms with E-state index in [2.05, 4.69) is 166 Å². The van der Waals surface area contributed by atoms with E-state index in [9.17, 15) is 0 Å². The molecule has 2 unspecified atom stereocenters. The van der Waals surface area contributed by atoms with Crippen molar-refractivity contribution in [2.45, 2.75) is 25.2 Å². The van der Waals surface area contributed by atoms with E-state index in [1.807, 2.05) is 0 Å². The molecule has 224 valence electrons. The maximum atomic E-state index is 5.18. The molecule has 2 aliphatic rings. The maximum Gasteiger partial charge on any atom is 0.164 e. The number of rotatable bonds is 4. The highest BCUT2D eigenvalue weighted by Crippen LogP contribution is 2.53. The quantitative estimate of drug-likeness (QED) is 0.201. The number of fused-ring (bicyclic) bond motifs is 5. The van der Waals surface area contributed by atoms with Crippen molar-refractivity contribution >= 4 is 21.5 Å². The van der Waals surface area contributed by atoms with Crippen molar-refractivity contribution in [3.63, 3.8) is 0 Å². The van der Waals surface area contributed by atoms with Gasteiger partial charge in [-0.15, -0.1) is 0 Å². The Morgan fingerprint density at radius 2 is 1.11 bits per heavy atom. The highest BCUT2D eigenvalue weighted by Gasteiger charge is 2.44. The van der Waals surface area contributed by atoms with Crippen molar-refractivity contribution in [2.75, 3.05) is 0 Å². The van der Waals surface area contributed by atoms with E-state index in [0.717, 1.165) is 22.1 Å². The Balaban J connectivity index is 1.24. The lowest BCUT2D eigenvalue weighted by Gasteiger charge is -2.29. The molecule has 0 radical (unpaired) electrons. The Kier molecular flexibility index (Phi) is 6.29. The van der Waals surface area contributed by atoms with Crippen LogP contribution in [0.2, 0.25) is 0 Å². The van der Waals surface area contributed by atoms with E-state index in [4.69, 9.17) is 15.0 Å². The third-order valence-electron chi connectivity index (χ3n) is 10.2. The molecular weight excluding hydrogens is 571 g/mol. The largest absolute Gasteiger partial charge is 0.208 e. The SMILES string of the molecule is CC1(C)c2ccc(-c3nc(-c4ccc5ccccc5c4)nc(-c4ccc5cccc(-c6ccccc6)c5c4)n3)cc2C2C=CC=CC21. The van der Waals surface area contributed by atoms with Crippen LogP contribution in [0.1, 0.15) is 30.9 Å². The van der Waals surface area contributed by atoms with Crippen LogP contribution in [0.4, 0.5) is 0 Å². The molecule has 2 aliphatic carbocycles. The van der Waals surface area contributed by atoms with Crippen molar-refractivity contribution < 1.29 is 0 Å². The van der Waals surface area contributed by atoms with E-state index in [1.54, 1.807) is 0 Å². The average Bonchev–Trinajstić information content (AvgIpc) is 3.36. The Morgan fingerprint density at radius 3 is 1.89 bits per heavy atom. The van der Waals surface area contributed by atoms with Gasteiger partial charge in [0.25, 0.3) is 0 Å². The fourth-order valence-corrected chi connectivity index (χ4v) is 7.71. The summed E-state index contributed by atoms with van der Waals surface area (Å²) in [6.07, 6.45) is 9.09. The van der Waals surface area contributed by atoms with Gasteiger partial charge in [-0.05, 0) is 73.3 Å². The number of allylic oxidation sites excluding steroid dienone is 4. The van der Waals surface area contributed by atoms with E-state index in [-0.39, 0.29) is 5.41 Å². The fraction of sp³-hybridized carbons (Fsp3) is 0.114. The number of hydrogen-bond acceptors (Lipinski definition) is 3. The molecule has 0 bridgehead atoms. The molecule has 0 saturated carbocycles. The second kappa shape index (κ2) is 10.7. The van der Waals surface area contributed by atoms with E-state index in [1.165, 1.54) is 38.4 Å². The molecule has 0 fully saturated rings. The zero-order chi connectivity index (χ0) is 31.5. The summed E-state index contributed by atoms with van der Waals surface area (Å²) >= 11 is 0. The lowest BCUT2D eigenvalue weighted by Crippen LogP contribution is -2.24. The summed E-state index contributed by atoms with van der Waals surface area (Å²) < 4.78 is 0. The Labute approximate surface area is 275 Å². The Hall–Kier alpha value is -5.67. The van der Waals surface area contributed by atoms with Crippen LogP contribution in [0.25, 0.3) is 66.8 Å². The van der Waals surface area contributed by atoms with Crippen molar-refractivity contribution in [1.29, 1.82) is 0 Å². The molecular formula is C44H33N3. The first-order chi connectivity index (χ1) is 23.0. The van der Waals surface area contributed by atoms with Crippen LogP contribution in [0.3, 0.4) is 0 Å². The molecule has 0 aliphatic heterocycles. The summed E-state index contributed by atoms with van der Waals surface area (Å²) in [5.74, 6) is 2.82. The van der Waals surface area contributed by atoms with Gasteiger partial charge in [-0.25, -0.2) is 15.0 Å². The van der Waals surface area contributed by atoms with Gasteiger partial charge in [0.2, 0.25) is 0 Å². The summed E-state index contributed by atoms with van der Waals surface area (Å²) in [6, 6.07) is 45.3. The van der Waals surface area contributed by atoms with Crippen LogP contribution in [0, 0.1) is 5.92 Å². The molecule has 0 spiro atoms. The molecule has 0 N–H and O–H groups in total. The zero-order valence-electron chi connectivity index (χ0n) is 26.4. The number of hydrogen-bond donors (Lipinski definition) is 0. The fourth-order valence-electron chi connectivity index (χ4n) is 7.71. The van der Waals surface area contributed by atoms with Crippen LogP contribution in [-0.2, 0) is 5.41 Å². The first kappa shape index (κ1) is 27.6. The highest BCUT2D eigenvalue weighted by atomic mass is 15.0. The van der Waals surface area contributed by atoms with Gasteiger partial charge >= 0.3 is 0 Å². The molecule has 0 saturated heterocycles. The van der Waals surface area contributed by atoms with Gasteiger partial charge in [-0.1, -0.05) is 147 Å². The molecule has 7 aromatic rings. The molecule has 3 heteroatoms. The van der Waals surface area contributed by atoms with Gasteiger partial charge in [0, 0.05) is 22.6 Å². The topological polar surface area (TPSA) is 38.7 Å². The Bertz CT molecular complexity index is 2400. The summed E-state index contributed by atoms with van der Waals surface area (Å²) in [5, 5.41) is 4.71. The third-order valence-corrected chi connectivity index (χ3v) is 10.2. The second-order valence-electron chi connectivity index (χ2n) is 13.3. The first-order valence-corrected chi connectivity index (χ1v) is 16.4. The second-order valence-corrected chi connectivity index (χ2v) is 13.3. The smallest absolute Gasteiger partial charge is 0.164 e. The lowest BCUT2D eigenvalue weighted by molar-refractivity contribution is 0.394.